The number of piperazine rings is 1. The average Bonchev–Trinajstić information content (AvgIpc) is 2.86. The van der Waals surface area contributed by atoms with E-state index in [-0.39, 0.29) is 5.54 Å². The molecule has 0 atom stereocenters. The Hall–Kier alpha value is -0.120. The van der Waals surface area contributed by atoms with Gasteiger partial charge < -0.3 is 16.0 Å². The second kappa shape index (κ2) is 3.95. The lowest BCUT2D eigenvalue weighted by Crippen LogP contribution is -2.44. The first-order valence-electron chi connectivity index (χ1n) is 5.51. The third kappa shape index (κ3) is 2.93. The minimum atomic E-state index is 0.258. The zero-order chi connectivity index (χ0) is 9.15. The highest BCUT2D eigenvalue weighted by atomic mass is 15.2. The summed E-state index contributed by atoms with van der Waals surface area (Å²) in [6.45, 7) is 6.01. The van der Waals surface area contributed by atoms with Crippen LogP contribution < -0.4 is 11.1 Å². The molecule has 0 radical (unpaired) electrons. The fraction of sp³-hybridized carbons (Fsp3) is 1.00. The van der Waals surface area contributed by atoms with Gasteiger partial charge in [0, 0.05) is 31.7 Å². The van der Waals surface area contributed by atoms with Gasteiger partial charge in [0.2, 0.25) is 0 Å². The maximum absolute atomic E-state index is 6.03. The lowest BCUT2D eigenvalue weighted by Gasteiger charge is -2.27. The van der Waals surface area contributed by atoms with E-state index < -0.39 is 0 Å². The van der Waals surface area contributed by atoms with Gasteiger partial charge in [-0.25, -0.2) is 0 Å². The van der Waals surface area contributed by atoms with E-state index in [1.165, 1.54) is 45.3 Å². The molecule has 1 aliphatic carbocycles. The Balaban J connectivity index is 1.56. The molecule has 3 nitrogen and oxygen atoms in total. The summed E-state index contributed by atoms with van der Waals surface area (Å²) >= 11 is 0. The number of nitrogens with zero attached hydrogens (tertiary/aromatic N) is 1. The van der Waals surface area contributed by atoms with Crippen molar-refractivity contribution in [2.24, 2.45) is 5.73 Å². The normalized spacial score (nSPS) is 27.5. The largest absolute Gasteiger partial charge is 0.325 e. The third-order valence-electron chi connectivity index (χ3n) is 3.25. The van der Waals surface area contributed by atoms with Crippen LogP contribution in [0.4, 0.5) is 0 Å². The molecule has 0 aromatic heterocycles. The van der Waals surface area contributed by atoms with Crippen LogP contribution in [0.15, 0.2) is 0 Å². The highest BCUT2D eigenvalue weighted by molar-refractivity contribution is 4.98. The van der Waals surface area contributed by atoms with Crippen molar-refractivity contribution in [1.82, 2.24) is 10.2 Å². The smallest absolute Gasteiger partial charge is 0.0156 e. The zero-order valence-corrected chi connectivity index (χ0v) is 8.39. The number of nitrogens with one attached hydrogen (secondary N) is 1. The molecular weight excluding hydrogens is 162 g/mol. The topological polar surface area (TPSA) is 41.3 Å². The predicted molar refractivity (Wildman–Crippen MR) is 54.7 cm³/mol. The summed E-state index contributed by atoms with van der Waals surface area (Å²) in [5.41, 5.74) is 6.29. The van der Waals surface area contributed by atoms with Crippen molar-refractivity contribution in [1.29, 1.82) is 0 Å². The van der Waals surface area contributed by atoms with Gasteiger partial charge in [-0.3, -0.25) is 0 Å². The van der Waals surface area contributed by atoms with E-state index in [0.717, 1.165) is 13.1 Å². The number of hydrogen-bond acceptors (Lipinski definition) is 3. The molecule has 1 aliphatic heterocycles. The Morgan fingerprint density at radius 1 is 1.23 bits per heavy atom. The highest BCUT2D eigenvalue weighted by Gasteiger charge is 2.37. The molecule has 2 fully saturated rings. The van der Waals surface area contributed by atoms with Crippen LogP contribution in [0.3, 0.4) is 0 Å². The van der Waals surface area contributed by atoms with Gasteiger partial charge >= 0.3 is 0 Å². The van der Waals surface area contributed by atoms with Crippen LogP contribution in [0, 0.1) is 0 Å². The Bertz CT molecular complexity index is 160. The molecule has 0 spiro atoms. The molecule has 3 heteroatoms. The molecule has 1 heterocycles. The molecule has 0 bridgehead atoms. The Kier molecular flexibility index (Phi) is 2.86. The molecular formula is C10H21N3. The van der Waals surface area contributed by atoms with Gasteiger partial charge in [-0.15, -0.1) is 0 Å². The molecule has 0 unspecified atom stereocenters. The second-order valence-corrected chi connectivity index (χ2v) is 4.56. The fourth-order valence-electron chi connectivity index (χ4n) is 2.00. The van der Waals surface area contributed by atoms with Gasteiger partial charge in [0.05, 0.1) is 0 Å². The van der Waals surface area contributed by atoms with Crippen LogP contribution in [0.25, 0.3) is 0 Å². The van der Waals surface area contributed by atoms with Gasteiger partial charge in [-0.1, -0.05) is 0 Å². The Morgan fingerprint density at radius 2 is 1.92 bits per heavy atom. The first-order chi connectivity index (χ1) is 6.29. The van der Waals surface area contributed by atoms with Crippen molar-refractivity contribution in [3.8, 4) is 0 Å². The molecule has 0 amide bonds. The van der Waals surface area contributed by atoms with Gasteiger partial charge in [0.25, 0.3) is 0 Å². The van der Waals surface area contributed by atoms with E-state index in [4.69, 9.17) is 5.73 Å². The second-order valence-electron chi connectivity index (χ2n) is 4.56. The monoisotopic (exact) mass is 183 g/mol. The number of rotatable bonds is 4. The van der Waals surface area contributed by atoms with Crippen LogP contribution in [-0.2, 0) is 0 Å². The molecule has 1 saturated heterocycles. The molecule has 3 N–H and O–H groups in total. The first-order valence-corrected chi connectivity index (χ1v) is 5.51. The molecule has 0 aromatic rings. The molecule has 2 aliphatic rings. The van der Waals surface area contributed by atoms with Crippen molar-refractivity contribution in [3.05, 3.63) is 0 Å². The van der Waals surface area contributed by atoms with E-state index >= 15 is 0 Å². The van der Waals surface area contributed by atoms with Gasteiger partial charge in [0.1, 0.15) is 0 Å². The SMILES string of the molecule is NC1(CCCN2CCNCC2)CC1. The number of hydrogen-bond donors (Lipinski definition) is 2. The van der Waals surface area contributed by atoms with Crippen LogP contribution in [-0.4, -0.2) is 43.2 Å². The lowest BCUT2D eigenvalue weighted by molar-refractivity contribution is 0.234. The van der Waals surface area contributed by atoms with E-state index in [1.54, 1.807) is 0 Å². The summed E-state index contributed by atoms with van der Waals surface area (Å²) in [4.78, 5) is 2.54. The van der Waals surface area contributed by atoms with Crippen molar-refractivity contribution in [3.63, 3.8) is 0 Å². The maximum atomic E-state index is 6.03. The summed E-state index contributed by atoms with van der Waals surface area (Å²) in [6, 6.07) is 0. The van der Waals surface area contributed by atoms with Crippen LogP contribution in [0.5, 0.6) is 0 Å². The summed E-state index contributed by atoms with van der Waals surface area (Å²) in [7, 11) is 0. The standard InChI is InChI=1S/C10H21N3/c11-10(3-4-10)2-1-7-13-8-5-12-6-9-13/h12H,1-9,11H2. The van der Waals surface area contributed by atoms with Gasteiger partial charge in [-0.2, -0.15) is 0 Å². The van der Waals surface area contributed by atoms with Crippen LogP contribution in [0.2, 0.25) is 0 Å². The molecule has 76 valence electrons. The zero-order valence-electron chi connectivity index (χ0n) is 8.39. The summed E-state index contributed by atoms with van der Waals surface area (Å²) < 4.78 is 0. The molecule has 2 rings (SSSR count). The van der Waals surface area contributed by atoms with Crippen molar-refractivity contribution in [2.45, 2.75) is 31.2 Å². The van der Waals surface area contributed by atoms with Crippen molar-refractivity contribution in [2.75, 3.05) is 32.7 Å². The van der Waals surface area contributed by atoms with E-state index in [9.17, 15) is 0 Å². The lowest BCUT2D eigenvalue weighted by atomic mass is 10.1. The number of nitrogens with two attached hydrogens (primary N) is 1. The van der Waals surface area contributed by atoms with Crippen LogP contribution in [0.1, 0.15) is 25.7 Å². The Morgan fingerprint density at radius 3 is 2.54 bits per heavy atom. The summed E-state index contributed by atoms with van der Waals surface area (Å²) in [5, 5.41) is 3.37. The van der Waals surface area contributed by atoms with Crippen molar-refractivity contribution < 1.29 is 0 Å². The van der Waals surface area contributed by atoms with Gasteiger partial charge in [-0.05, 0) is 32.2 Å². The summed E-state index contributed by atoms with van der Waals surface area (Å²) in [6.07, 6.45) is 5.04. The van der Waals surface area contributed by atoms with E-state index in [0.29, 0.717) is 0 Å². The minimum Gasteiger partial charge on any atom is -0.325 e. The summed E-state index contributed by atoms with van der Waals surface area (Å²) in [5.74, 6) is 0. The third-order valence-corrected chi connectivity index (χ3v) is 3.25. The molecule has 1 saturated carbocycles. The fourth-order valence-corrected chi connectivity index (χ4v) is 2.00. The van der Waals surface area contributed by atoms with Gasteiger partial charge in [0.15, 0.2) is 0 Å². The predicted octanol–water partition coefficient (Wildman–Crippen LogP) is 0.163. The molecule has 0 aromatic carbocycles. The van der Waals surface area contributed by atoms with Crippen molar-refractivity contribution >= 4 is 0 Å². The highest BCUT2D eigenvalue weighted by Crippen LogP contribution is 2.36. The van der Waals surface area contributed by atoms with E-state index in [1.807, 2.05) is 0 Å². The Labute approximate surface area is 80.7 Å². The first kappa shape index (κ1) is 9.44. The average molecular weight is 183 g/mol. The quantitative estimate of drug-likeness (QED) is 0.652. The minimum absolute atomic E-state index is 0.258. The molecule has 13 heavy (non-hydrogen) atoms. The maximum Gasteiger partial charge on any atom is 0.0156 e. The van der Waals surface area contributed by atoms with Crippen LogP contribution >= 0.6 is 0 Å². The van der Waals surface area contributed by atoms with E-state index in [2.05, 4.69) is 10.2 Å².